The molecule has 2 rings (SSSR count). The van der Waals surface area contributed by atoms with Crippen molar-refractivity contribution in [3.63, 3.8) is 0 Å². The van der Waals surface area contributed by atoms with Crippen molar-refractivity contribution in [2.75, 3.05) is 13.2 Å². The Morgan fingerprint density at radius 3 is 1.60 bits per heavy atom. The highest BCUT2D eigenvalue weighted by Gasteiger charge is 2.09. The first-order valence-electron chi connectivity index (χ1n) is 9.91. The largest absolute Gasteiger partial charge is 0.461 e. The average Bonchev–Trinajstić information content (AvgIpc) is 2.66. The lowest BCUT2D eigenvalue weighted by Gasteiger charge is -2.13. The van der Waals surface area contributed by atoms with E-state index in [9.17, 15) is 9.59 Å². The number of carbonyl (C=O) groups is 2. The highest BCUT2D eigenvalue weighted by Crippen LogP contribution is 2.18. The highest BCUT2D eigenvalue weighted by molar-refractivity contribution is 5.70. The Morgan fingerprint density at radius 2 is 1.20 bits per heavy atom. The minimum atomic E-state index is -0.127. The van der Waals surface area contributed by atoms with Gasteiger partial charge in [-0.1, -0.05) is 18.6 Å². The van der Waals surface area contributed by atoms with Gasteiger partial charge in [0.15, 0.2) is 0 Å². The predicted octanol–water partition coefficient (Wildman–Crippen LogP) is 5.02. The molecule has 0 aliphatic heterocycles. The normalized spacial score (nSPS) is 17.4. The molecule has 0 bridgehead atoms. The van der Waals surface area contributed by atoms with E-state index in [0.717, 1.165) is 44.9 Å². The zero-order chi connectivity index (χ0) is 17.7. The Kier molecular flexibility index (Phi) is 9.38. The lowest BCUT2D eigenvalue weighted by atomic mass is 10.0. The summed E-state index contributed by atoms with van der Waals surface area (Å²) in [5.41, 5.74) is 2.52. The third-order valence-corrected chi connectivity index (χ3v) is 4.87. The van der Waals surface area contributed by atoms with Gasteiger partial charge >= 0.3 is 11.9 Å². The number of esters is 2. The number of unbranched alkanes of at least 4 members (excludes halogenated alkanes) is 2. The molecule has 0 fully saturated rings. The molecule has 0 heterocycles. The number of ether oxygens (including phenoxy) is 2. The summed E-state index contributed by atoms with van der Waals surface area (Å²) < 4.78 is 10.6. The van der Waals surface area contributed by atoms with E-state index in [-0.39, 0.29) is 11.9 Å². The third-order valence-electron chi connectivity index (χ3n) is 4.87. The van der Waals surface area contributed by atoms with Crippen molar-refractivity contribution in [3.05, 3.63) is 23.3 Å². The molecule has 0 radical (unpaired) electrons. The van der Waals surface area contributed by atoms with Crippen LogP contribution in [0.5, 0.6) is 0 Å². The number of allylic oxidation sites excluding steroid dienone is 2. The van der Waals surface area contributed by atoms with Crippen LogP contribution >= 0.6 is 0 Å². The van der Waals surface area contributed by atoms with Gasteiger partial charge in [-0.25, -0.2) is 0 Å². The van der Waals surface area contributed by atoms with Crippen LogP contribution in [0.2, 0.25) is 0 Å². The predicted molar refractivity (Wildman–Crippen MR) is 98.1 cm³/mol. The van der Waals surface area contributed by atoms with Crippen molar-refractivity contribution in [2.45, 2.75) is 83.5 Å². The van der Waals surface area contributed by atoms with Crippen LogP contribution in [0.3, 0.4) is 0 Å². The first kappa shape index (κ1) is 19.7. The Bertz CT molecular complexity index is 446. The summed E-state index contributed by atoms with van der Waals surface area (Å²) in [6.45, 7) is 0.919. The van der Waals surface area contributed by atoms with E-state index >= 15 is 0 Å². The standard InChI is InChI=1S/C21H32O4/c22-20(24-16-18-10-4-1-5-11-18)14-8-3-9-15-21(23)25-17-19-12-6-2-7-13-19/h10,12H,1-9,11,13-17H2. The fourth-order valence-corrected chi connectivity index (χ4v) is 3.28. The van der Waals surface area contributed by atoms with Crippen molar-refractivity contribution in [2.24, 2.45) is 0 Å². The minimum absolute atomic E-state index is 0.127. The van der Waals surface area contributed by atoms with Crippen LogP contribution < -0.4 is 0 Å². The molecule has 0 N–H and O–H groups in total. The number of hydrogen-bond acceptors (Lipinski definition) is 4. The van der Waals surface area contributed by atoms with Gasteiger partial charge < -0.3 is 9.47 Å². The smallest absolute Gasteiger partial charge is 0.306 e. The van der Waals surface area contributed by atoms with E-state index in [2.05, 4.69) is 12.2 Å². The number of carbonyl (C=O) groups excluding carboxylic acids is 2. The van der Waals surface area contributed by atoms with Crippen LogP contribution in [-0.2, 0) is 19.1 Å². The van der Waals surface area contributed by atoms with E-state index < -0.39 is 0 Å². The maximum Gasteiger partial charge on any atom is 0.306 e. The number of rotatable bonds is 10. The van der Waals surface area contributed by atoms with Crippen molar-refractivity contribution in [1.29, 1.82) is 0 Å². The molecule has 0 aromatic heterocycles. The van der Waals surface area contributed by atoms with E-state index in [1.54, 1.807) is 0 Å². The third kappa shape index (κ3) is 8.89. The molecule has 0 aromatic rings. The molecule has 25 heavy (non-hydrogen) atoms. The second-order valence-corrected chi connectivity index (χ2v) is 7.10. The fourth-order valence-electron chi connectivity index (χ4n) is 3.28. The molecule has 2 aliphatic carbocycles. The van der Waals surface area contributed by atoms with E-state index in [1.165, 1.54) is 36.8 Å². The molecule has 0 amide bonds. The van der Waals surface area contributed by atoms with Gasteiger partial charge in [0.05, 0.1) is 0 Å². The maximum absolute atomic E-state index is 11.7. The van der Waals surface area contributed by atoms with Crippen molar-refractivity contribution >= 4 is 11.9 Å². The summed E-state index contributed by atoms with van der Waals surface area (Å²) in [7, 11) is 0. The highest BCUT2D eigenvalue weighted by atomic mass is 16.5. The van der Waals surface area contributed by atoms with Gasteiger partial charge in [0, 0.05) is 12.8 Å². The van der Waals surface area contributed by atoms with Crippen LogP contribution in [0.15, 0.2) is 23.3 Å². The van der Waals surface area contributed by atoms with Crippen molar-refractivity contribution in [3.8, 4) is 0 Å². The van der Waals surface area contributed by atoms with E-state index in [0.29, 0.717) is 26.1 Å². The molecule has 0 spiro atoms. The topological polar surface area (TPSA) is 52.6 Å². The average molecular weight is 348 g/mol. The molecule has 4 nitrogen and oxygen atoms in total. The second kappa shape index (κ2) is 11.9. The lowest BCUT2D eigenvalue weighted by Crippen LogP contribution is -2.10. The van der Waals surface area contributed by atoms with Gasteiger partial charge in [0.2, 0.25) is 0 Å². The van der Waals surface area contributed by atoms with Crippen LogP contribution in [0.25, 0.3) is 0 Å². The zero-order valence-corrected chi connectivity index (χ0v) is 15.4. The zero-order valence-electron chi connectivity index (χ0n) is 15.4. The molecule has 0 unspecified atom stereocenters. The Morgan fingerprint density at radius 1 is 0.720 bits per heavy atom. The molecule has 0 atom stereocenters. The first-order chi connectivity index (χ1) is 12.2. The summed E-state index contributed by atoms with van der Waals surface area (Å²) in [5.74, 6) is -0.253. The Labute approximate surface area is 151 Å². The number of hydrogen-bond donors (Lipinski definition) is 0. The summed E-state index contributed by atoms with van der Waals surface area (Å²) in [6.07, 6.45) is 16.9. The quantitative estimate of drug-likeness (QED) is 0.316. The lowest BCUT2D eigenvalue weighted by molar-refractivity contribution is -0.143. The monoisotopic (exact) mass is 348 g/mol. The maximum atomic E-state index is 11.7. The van der Waals surface area contributed by atoms with Crippen molar-refractivity contribution in [1.82, 2.24) is 0 Å². The SMILES string of the molecule is O=C(CCCCCC(=O)OCC1=CCCCC1)OCC1=CCCCC1. The molecule has 0 aromatic carbocycles. The van der Waals surface area contributed by atoms with Gasteiger partial charge in [-0.3, -0.25) is 9.59 Å². The summed E-state index contributed by atoms with van der Waals surface area (Å²) in [5, 5.41) is 0. The Hall–Kier alpha value is -1.58. The molecule has 0 saturated heterocycles. The van der Waals surface area contributed by atoms with Crippen LogP contribution in [0.4, 0.5) is 0 Å². The first-order valence-corrected chi connectivity index (χ1v) is 9.91. The molecule has 0 saturated carbocycles. The van der Waals surface area contributed by atoms with Crippen LogP contribution in [0.1, 0.15) is 83.5 Å². The summed E-state index contributed by atoms with van der Waals surface area (Å²) in [4.78, 5) is 23.4. The van der Waals surface area contributed by atoms with Gasteiger partial charge in [-0.15, -0.1) is 0 Å². The fraction of sp³-hybridized carbons (Fsp3) is 0.714. The van der Waals surface area contributed by atoms with Crippen LogP contribution in [-0.4, -0.2) is 25.2 Å². The van der Waals surface area contributed by atoms with E-state index in [4.69, 9.17) is 9.47 Å². The molecule has 140 valence electrons. The molecular formula is C21H32O4. The van der Waals surface area contributed by atoms with Gasteiger partial charge in [-0.05, 0) is 75.4 Å². The van der Waals surface area contributed by atoms with Crippen LogP contribution in [0, 0.1) is 0 Å². The minimum Gasteiger partial charge on any atom is -0.461 e. The second-order valence-electron chi connectivity index (χ2n) is 7.10. The molecule has 4 heteroatoms. The van der Waals surface area contributed by atoms with Gasteiger partial charge in [0.1, 0.15) is 13.2 Å². The van der Waals surface area contributed by atoms with Gasteiger partial charge in [0.25, 0.3) is 0 Å². The van der Waals surface area contributed by atoms with Crippen molar-refractivity contribution < 1.29 is 19.1 Å². The van der Waals surface area contributed by atoms with E-state index in [1.807, 2.05) is 0 Å². The molecular weight excluding hydrogens is 316 g/mol. The summed E-state index contributed by atoms with van der Waals surface area (Å²) >= 11 is 0. The Balaban J connectivity index is 1.44. The summed E-state index contributed by atoms with van der Waals surface area (Å²) in [6, 6.07) is 0. The van der Waals surface area contributed by atoms with Gasteiger partial charge in [-0.2, -0.15) is 0 Å². The molecule has 2 aliphatic rings.